The summed E-state index contributed by atoms with van der Waals surface area (Å²) in [6, 6.07) is 23.7. The van der Waals surface area contributed by atoms with E-state index in [1.54, 1.807) is 6.07 Å². The number of carbonyl (C=O) groups excluding carboxylic acids is 1. The van der Waals surface area contributed by atoms with Gasteiger partial charge in [-0.1, -0.05) is 79.7 Å². The first-order valence-corrected chi connectivity index (χ1v) is 11.0. The third kappa shape index (κ3) is 3.16. The number of amides is 1. The first-order chi connectivity index (χ1) is 15.5. The molecule has 0 bridgehead atoms. The van der Waals surface area contributed by atoms with Crippen LogP contribution in [0.2, 0.25) is 0 Å². The Morgan fingerprint density at radius 3 is 2.12 bits per heavy atom. The van der Waals surface area contributed by atoms with Crippen LogP contribution in [0.25, 0.3) is 11.1 Å². The van der Waals surface area contributed by atoms with Crippen molar-refractivity contribution in [2.24, 2.45) is 0 Å². The minimum absolute atomic E-state index is 0.0763. The van der Waals surface area contributed by atoms with Crippen LogP contribution in [-0.4, -0.2) is 23.8 Å². The van der Waals surface area contributed by atoms with E-state index < -0.39 is 17.6 Å². The molecule has 3 aromatic rings. The zero-order valence-corrected chi connectivity index (χ0v) is 17.9. The molecule has 2 N–H and O–H groups in total. The number of hydrogen-bond acceptors (Lipinski definition) is 3. The molecule has 5 rings (SSSR count). The molecule has 32 heavy (non-hydrogen) atoms. The van der Waals surface area contributed by atoms with Crippen LogP contribution in [0.5, 0.6) is 0 Å². The van der Waals surface area contributed by atoms with Gasteiger partial charge in [0.25, 0.3) is 0 Å². The largest absolute Gasteiger partial charge is 0.479 e. The van der Waals surface area contributed by atoms with Crippen LogP contribution in [0, 0.1) is 0 Å². The molecule has 0 saturated carbocycles. The Kier molecular flexibility index (Phi) is 4.97. The number of rotatable bonds is 4. The van der Waals surface area contributed by atoms with Crippen molar-refractivity contribution in [3.05, 3.63) is 95.1 Å². The van der Waals surface area contributed by atoms with Crippen LogP contribution in [0.1, 0.15) is 53.9 Å². The maximum Gasteiger partial charge on any atom is 0.408 e. The molecule has 2 aliphatic rings. The van der Waals surface area contributed by atoms with Crippen molar-refractivity contribution in [3.8, 4) is 11.1 Å². The Morgan fingerprint density at radius 2 is 1.50 bits per heavy atom. The maximum atomic E-state index is 12.9. The van der Waals surface area contributed by atoms with Gasteiger partial charge in [-0.3, -0.25) is 0 Å². The highest BCUT2D eigenvalue weighted by atomic mass is 16.5. The monoisotopic (exact) mass is 427 g/mol. The second kappa shape index (κ2) is 7.83. The van der Waals surface area contributed by atoms with Gasteiger partial charge in [-0.05, 0) is 52.1 Å². The van der Waals surface area contributed by atoms with Crippen molar-refractivity contribution >= 4 is 12.1 Å². The molecule has 2 unspecified atom stereocenters. The van der Waals surface area contributed by atoms with Crippen LogP contribution < -0.4 is 5.32 Å². The smallest absolute Gasteiger partial charge is 0.408 e. The van der Waals surface area contributed by atoms with E-state index in [-0.39, 0.29) is 18.4 Å². The molecule has 0 aromatic heterocycles. The van der Waals surface area contributed by atoms with Crippen molar-refractivity contribution in [1.82, 2.24) is 5.32 Å². The SMILES string of the molecule is CC1CCC(NC(=O)OCC2c3ccccc3-c3ccccc32)(C(=O)O)c2ccccc21. The van der Waals surface area contributed by atoms with Crippen LogP contribution in [0.3, 0.4) is 0 Å². The fraction of sp³-hybridized carbons (Fsp3) is 0.259. The predicted molar refractivity (Wildman–Crippen MR) is 122 cm³/mol. The van der Waals surface area contributed by atoms with E-state index in [0.717, 1.165) is 27.8 Å². The van der Waals surface area contributed by atoms with Crippen molar-refractivity contribution in [2.75, 3.05) is 6.61 Å². The molecule has 0 fully saturated rings. The normalized spacial score (nSPS) is 21.2. The minimum Gasteiger partial charge on any atom is -0.479 e. The van der Waals surface area contributed by atoms with Gasteiger partial charge in [0.2, 0.25) is 0 Å². The van der Waals surface area contributed by atoms with E-state index in [9.17, 15) is 14.7 Å². The summed E-state index contributed by atoms with van der Waals surface area (Å²) in [6.07, 6.45) is 0.288. The van der Waals surface area contributed by atoms with Crippen LogP contribution >= 0.6 is 0 Å². The second-order valence-electron chi connectivity index (χ2n) is 8.69. The summed E-state index contributed by atoms with van der Waals surface area (Å²) in [5, 5.41) is 12.9. The van der Waals surface area contributed by atoms with Gasteiger partial charge >= 0.3 is 12.1 Å². The topological polar surface area (TPSA) is 75.6 Å². The molecular weight excluding hydrogens is 402 g/mol. The minimum atomic E-state index is -1.48. The Labute approximate surface area is 187 Å². The van der Waals surface area contributed by atoms with Gasteiger partial charge in [0.15, 0.2) is 5.54 Å². The highest BCUT2D eigenvalue weighted by Gasteiger charge is 2.47. The van der Waals surface area contributed by atoms with Crippen molar-refractivity contribution < 1.29 is 19.4 Å². The van der Waals surface area contributed by atoms with Crippen LogP contribution in [0.15, 0.2) is 72.8 Å². The zero-order valence-electron chi connectivity index (χ0n) is 17.9. The van der Waals surface area contributed by atoms with Gasteiger partial charge in [-0.25, -0.2) is 9.59 Å². The quantitative estimate of drug-likeness (QED) is 0.584. The first kappa shape index (κ1) is 20.3. The van der Waals surface area contributed by atoms with E-state index in [1.165, 1.54) is 0 Å². The molecule has 2 atom stereocenters. The van der Waals surface area contributed by atoms with Gasteiger partial charge in [-0.15, -0.1) is 0 Å². The van der Waals surface area contributed by atoms with Gasteiger partial charge in [0.05, 0.1) is 0 Å². The third-order valence-corrected chi connectivity index (χ3v) is 6.93. The predicted octanol–water partition coefficient (Wildman–Crippen LogP) is 5.40. The molecular formula is C27H25NO4. The lowest BCUT2D eigenvalue weighted by Crippen LogP contribution is -2.54. The molecule has 0 spiro atoms. The Balaban J connectivity index is 1.39. The molecule has 0 heterocycles. The van der Waals surface area contributed by atoms with Crippen molar-refractivity contribution in [2.45, 2.75) is 37.1 Å². The van der Waals surface area contributed by atoms with Crippen LogP contribution in [-0.2, 0) is 15.1 Å². The molecule has 5 heteroatoms. The lowest BCUT2D eigenvalue weighted by molar-refractivity contribution is -0.146. The number of benzene rings is 3. The number of ether oxygens (including phenoxy) is 1. The standard InChI is InChI=1S/C27H25NO4/c1-17-14-15-27(25(29)30,24-13-7-6-8-18(17)24)28-26(31)32-16-23-21-11-4-2-9-19(21)20-10-3-5-12-22(20)23/h2-13,17,23H,14-16H2,1H3,(H,28,31)(H,29,30). The summed E-state index contributed by atoms with van der Waals surface area (Å²) >= 11 is 0. The fourth-order valence-corrected chi connectivity index (χ4v) is 5.25. The van der Waals surface area contributed by atoms with Crippen molar-refractivity contribution in [3.63, 3.8) is 0 Å². The summed E-state index contributed by atoms with van der Waals surface area (Å²) in [5.74, 6) is -0.902. The molecule has 0 radical (unpaired) electrons. The molecule has 5 nitrogen and oxygen atoms in total. The zero-order chi connectivity index (χ0) is 22.3. The molecule has 0 aliphatic heterocycles. The van der Waals surface area contributed by atoms with Gasteiger partial charge in [-0.2, -0.15) is 0 Å². The molecule has 1 amide bonds. The summed E-state index contributed by atoms with van der Waals surface area (Å²) < 4.78 is 5.65. The average molecular weight is 428 g/mol. The maximum absolute atomic E-state index is 12.9. The summed E-state index contributed by atoms with van der Waals surface area (Å²) in [4.78, 5) is 25.3. The molecule has 0 saturated heterocycles. The number of carboxylic acids is 1. The Hall–Kier alpha value is -3.60. The van der Waals surface area contributed by atoms with E-state index in [1.807, 2.05) is 42.5 Å². The summed E-state index contributed by atoms with van der Waals surface area (Å²) in [6.45, 7) is 2.23. The number of aliphatic carboxylic acids is 1. The lowest BCUT2D eigenvalue weighted by atomic mass is 9.72. The van der Waals surface area contributed by atoms with Gasteiger partial charge < -0.3 is 15.2 Å². The average Bonchev–Trinajstić information content (AvgIpc) is 3.13. The molecule has 162 valence electrons. The van der Waals surface area contributed by atoms with Crippen molar-refractivity contribution in [1.29, 1.82) is 0 Å². The lowest BCUT2D eigenvalue weighted by Gasteiger charge is -2.38. The third-order valence-electron chi connectivity index (χ3n) is 6.93. The Bertz CT molecular complexity index is 1160. The Morgan fingerprint density at radius 1 is 0.938 bits per heavy atom. The van der Waals surface area contributed by atoms with Crippen LogP contribution in [0.4, 0.5) is 4.79 Å². The first-order valence-electron chi connectivity index (χ1n) is 11.0. The van der Waals surface area contributed by atoms with E-state index in [0.29, 0.717) is 18.4 Å². The highest BCUT2D eigenvalue weighted by molar-refractivity contribution is 5.87. The number of alkyl carbamates (subject to hydrolysis) is 1. The fourth-order valence-electron chi connectivity index (χ4n) is 5.25. The highest BCUT2D eigenvalue weighted by Crippen LogP contribution is 2.45. The number of nitrogens with one attached hydrogen (secondary N) is 1. The summed E-state index contributed by atoms with van der Waals surface area (Å²) in [7, 11) is 0. The number of fused-ring (bicyclic) bond motifs is 4. The van der Waals surface area contributed by atoms with E-state index >= 15 is 0 Å². The number of carbonyl (C=O) groups is 2. The second-order valence-corrected chi connectivity index (χ2v) is 8.69. The van der Waals surface area contributed by atoms with E-state index in [4.69, 9.17) is 4.74 Å². The summed E-state index contributed by atoms with van der Waals surface area (Å²) in [5.41, 5.74) is 4.65. The molecule has 2 aliphatic carbocycles. The number of hydrogen-bond donors (Lipinski definition) is 2. The number of carboxylic acid groups (broad SMARTS) is 1. The van der Waals surface area contributed by atoms with Gasteiger partial charge in [0, 0.05) is 5.92 Å². The molecule has 3 aromatic carbocycles. The van der Waals surface area contributed by atoms with E-state index in [2.05, 4.69) is 36.5 Å². The van der Waals surface area contributed by atoms with Gasteiger partial charge in [0.1, 0.15) is 6.61 Å².